The van der Waals surface area contributed by atoms with Crippen LogP contribution >= 0.6 is 0 Å². The van der Waals surface area contributed by atoms with Crippen molar-refractivity contribution in [3.63, 3.8) is 0 Å². The molecular formula is C22H20N2O2. The molecule has 0 aliphatic heterocycles. The number of phenolic OH excluding ortho intramolecular Hbond substituents is 1. The molecule has 1 amide bonds. The Hall–Kier alpha value is -3.27. The minimum Gasteiger partial charge on any atom is -0.508 e. The average molecular weight is 344 g/mol. The van der Waals surface area contributed by atoms with E-state index in [1.165, 1.54) is 16.3 Å². The molecule has 1 heterocycles. The van der Waals surface area contributed by atoms with Gasteiger partial charge in [0.2, 0.25) is 5.91 Å². The number of para-hydroxylation sites is 1. The minimum atomic E-state index is -0.0357. The molecule has 0 atom stereocenters. The van der Waals surface area contributed by atoms with E-state index in [2.05, 4.69) is 41.2 Å². The molecule has 0 saturated heterocycles. The lowest BCUT2D eigenvalue weighted by Crippen LogP contribution is -2.24. The predicted molar refractivity (Wildman–Crippen MR) is 104 cm³/mol. The van der Waals surface area contributed by atoms with E-state index in [9.17, 15) is 9.90 Å². The number of nitrogens with zero attached hydrogens (tertiary/aromatic N) is 1. The normalized spacial score (nSPS) is 11.1. The zero-order valence-corrected chi connectivity index (χ0v) is 14.6. The lowest BCUT2D eigenvalue weighted by Gasteiger charge is -2.07. The summed E-state index contributed by atoms with van der Waals surface area (Å²) >= 11 is 0. The van der Waals surface area contributed by atoms with Crippen LogP contribution in [0.2, 0.25) is 0 Å². The van der Waals surface area contributed by atoms with Crippen molar-refractivity contribution >= 4 is 27.7 Å². The van der Waals surface area contributed by atoms with Gasteiger partial charge >= 0.3 is 0 Å². The Labute approximate surface area is 151 Å². The van der Waals surface area contributed by atoms with E-state index >= 15 is 0 Å². The number of hydrogen-bond acceptors (Lipinski definition) is 2. The number of aromatic hydroxyl groups is 1. The first-order chi connectivity index (χ1) is 12.6. The van der Waals surface area contributed by atoms with Crippen molar-refractivity contribution in [3.05, 3.63) is 77.9 Å². The Morgan fingerprint density at radius 3 is 2.58 bits per heavy atom. The van der Waals surface area contributed by atoms with Gasteiger partial charge in [-0.05, 0) is 35.4 Å². The molecule has 4 aromatic rings. The summed E-state index contributed by atoms with van der Waals surface area (Å²) in [4.78, 5) is 12.3. The second-order valence-corrected chi connectivity index (χ2v) is 6.55. The number of rotatable bonds is 4. The first-order valence-corrected chi connectivity index (χ1v) is 8.62. The third kappa shape index (κ3) is 3.02. The Bertz CT molecular complexity index is 1110. The zero-order chi connectivity index (χ0) is 18.1. The fourth-order valence-electron chi connectivity index (χ4n) is 3.43. The number of hydrogen-bond donors (Lipinski definition) is 2. The van der Waals surface area contributed by atoms with Gasteiger partial charge in [0.1, 0.15) is 5.75 Å². The van der Waals surface area contributed by atoms with Gasteiger partial charge in [-0.25, -0.2) is 0 Å². The van der Waals surface area contributed by atoms with Gasteiger partial charge in [-0.3, -0.25) is 4.79 Å². The van der Waals surface area contributed by atoms with Gasteiger partial charge in [-0.1, -0.05) is 42.5 Å². The number of aromatic nitrogens is 1. The van der Waals surface area contributed by atoms with Crippen molar-refractivity contribution in [2.45, 2.75) is 13.0 Å². The molecule has 0 fully saturated rings. The van der Waals surface area contributed by atoms with Gasteiger partial charge < -0.3 is 15.0 Å². The molecular weight excluding hydrogens is 324 g/mol. The van der Waals surface area contributed by atoms with Crippen LogP contribution in [0.1, 0.15) is 11.1 Å². The monoisotopic (exact) mass is 344 g/mol. The summed E-state index contributed by atoms with van der Waals surface area (Å²) in [6.07, 6.45) is 0.330. The Kier molecular flexibility index (Phi) is 4.09. The molecule has 0 aliphatic carbocycles. The molecule has 26 heavy (non-hydrogen) atoms. The van der Waals surface area contributed by atoms with Crippen LogP contribution in [0.5, 0.6) is 5.75 Å². The van der Waals surface area contributed by atoms with Crippen LogP contribution in [-0.4, -0.2) is 15.6 Å². The van der Waals surface area contributed by atoms with E-state index < -0.39 is 0 Å². The lowest BCUT2D eigenvalue weighted by molar-refractivity contribution is -0.120. The third-order valence-corrected chi connectivity index (χ3v) is 4.74. The first kappa shape index (κ1) is 16.2. The van der Waals surface area contributed by atoms with Gasteiger partial charge in [-0.15, -0.1) is 0 Å². The van der Waals surface area contributed by atoms with Crippen molar-refractivity contribution in [3.8, 4) is 5.75 Å². The van der Waals surface area contributed by atoms with Crippen molar-refractivity contribution in [2.24, 2.45) is 7.05 Å². The molecule has 0 aliphatic rings. The van der Waals surface area contributed by atoms with Gasteiger partial charge in [-0.2, -0.15) is 0 Å². The average Bonchev–Trinajstić information content (AvgIpc) is 2.93. The van der Waals surface area contributed by atoms with Gasteiger partial charge in [0.15, 0.2) is 0 Å². The van der Waals surface area contributed by atoms with Gasteiger partial charge in [0.05, 0.1) is 6.42 Å². The van der Waals surface area contributed by atoms with Crippen LogP contribution < -0.4 is 5.32 Å². The van der Waals surface area contributed by atoms with Crippen molar-refractivity contribution in [1.82, 2.24) is 9.88 Å². The van der Waals surface area contributed by atoms with Gasteiger partial charge in [0, 0.05) is 35.4 Å². The first-order valence-electron chi connectivity index (χ1n) is 8.62. The molecule has 4 rings (SSSR count). The van der Waals surface area contributed by atoms with E-state index in [0.29, 0.717) is 13.0 Å². The molecule has 130 valence electrons. The summed E-state index contributed by atoms with van der Waals surface area (Å²) in [6, 6.07) is 21.4. The number of amides is 1. The number of aryl methyl sites for hydroxylation is 1. The highest BCUT2D eigenvalue weighted by molar-refractivity contribution is 6.08. The van der Waals surface area contributed by atoms with Gasteiger partial charge in [0.25, 0.3) is 0 Å². The summed E-state index contributed by atoms with van der Waals surface area (Å²) in [7, 11) is 2.05. The standard InChI is InChI=1S/C22H20N2O2/c1-24-20-8-3-2-7-18(20)19-10-9-15(12-21(19)24)13-22(26)23-14-16-5-4-6-17(25)11-16/h2-12,25H,13-14H2,1H3,(H,23,26). The SMILES string of the molecule is Cn1c2ccccc2c2ccc(CC(=O)NCc3cccc(O)c3)cc21. The summed E-state index contributed by atoms with van der Waals surface area (Å²) in [5.74, 6) is 0.171. The van der Waals surface area contributed by atoms with E-state index in [4.69, 9.17) is 0 Å². The summed E-state index contributed by atoms with van der Waals surface area (Å²) < 4.78 is 2.17. The zero-order valence-electron chi connectivity index (χ0n) is 14.6. The molecule has 4 heteroatoms. The number of phenols is 1. The lowest BCUT2D eigenvalue weighted by atomic mass is 10.1. The number of carbonyl (C=O) groups is 1. The second kappa shape index (κ2) is 6.56. The molecule has 3 aromatic carbocycles. The van der Waals surface area contributed by atoms with Crippen LogP contribution in [0.3, 0.4) is 0 Å². The largest absolute Gasteiger partial charge is 0.508 e. The molecule has 0 saturated carbocycles. The Balaban J connectivity index is 1.52. The van der Waals surface area contributed by atoms with E-state index in [0.717, 1.165) is 16.6 Å². The molecule has 0 bridgehead atoms. The van der Waals surface area contributed by atoms with E-state index in [1.54, 1.807) is 18.2 Å². The molecule has 2 N–H and O–H groups in total. The number of nitrogens with one attached hydrogen (secondary N) is 1. The molecule has 0 unspecified atom stereocenters. The number of benzene rings is 3. The molecule has 1 aromatic heterocycles. The summed E-state index contributed by atoms with van der Waals surface area (Å²) in [6.45, 7) is 0.406. The molecule has 4 nitrogen and oxygen atoms in total. The number of fused-ring (bicyclic) bond motifs is 3. The summed E-state index contributed by atoms with van der Waals surface area (Å²) in [5.41, 5.74) is 4.18. The Morgan fingerprint density at radius 2 is 1.73 bits per heavy atom. The van der Waals surface area contributed by atoms with Crippen molar-refractivity contribution in [1.29, 1.82) is 0 Å². The highest BCUT2D eigenvalue weighted by Gasteiger charge is 2.10. The van der Waals surface area contributed by atoms with Crippen molar-refractivity contribution < 1.29 is 9.90 Å². The number of carbonyl (C=O) groups excluding carboxylic acids is 1. The van der Waals surface area contributed by atoms with Crippen LogP contribution in [-0.2, 0) is 24.8 Å². The van der Waals surface area contributed by atoms with E-state index in [-0.39, 0.29) is 11.7 Å². The fourth-order valence-corrected chi connectivity index (χ4v) is 3.43. The smallest absolute Gasteiger partial charge is 0.224 e. The maximum absolute atomic E-state index is 12.3. The second-order valence-electron chi connectivity index (χ2n) is 6.55. The van der Waals surface area contributed by atoms with Crippen molar-refractivity contribution in [2.75, 3.05) is 0 Å². The molecule has 0 radical (unpaired) electrons. The minimum absolute atomic E-state index is 0.0357. The highest BCUT2D eigenvalue weighted by Crippen LogP contribution is 2.28. The third-order valence-electron chi connectivity index (χ3n) is 4.74. The summed E-state index contributed by atoms with van der Waals surface area (Å²) in [5, 5.41) is 14.8. The molecule has 0 spiro atoms. The topological polar surface area (TPSA) is 54.3 Å². The van der Waals surface area contributed by atoms with Crippen LogP contribution in [0.15, 0.2) is 66.7 Å². The van der Waals surface area contributed by atoms with Crippen LogP contribution in [0, 0.1) is 0 Å². The predicted octanol–water partition coefficient (Wildman–Crippen LogP) is 3.90. The van der Waals surface area contributed by atoms with Crippen LogP contribution in [0.25, 0.3) is 21.8 Å². The fraction of sp³-hybridized carbons (Fsp3) is 0.136. The Morgan fingerprint density at radius 1 is 0.923 bits per heavy atom. The maximum Gasteiger partial charge on any atom is 0.224 e. The highest BCUT2D eigenvalue weighted by atomic mass is 16.3. The van der Waals surface area contributed by atoms with Crippen LogP contribution in [0.4, 0.5) is 0 Å². The maximum atomic E-state index is 12.3. The van der Waals surface area contributed by atoms with E-state index in [1.807, 2.05) is 24.3 Å². The quantitative estimate of drug-likeness (QED) is 0.590.